The maximum atomic E-state index is 12.6. The Labute approximate surface area is 146 Å². The van der Waals surface area contributed by atoms with E-state index in [0.29, 0.717) is 24.2 Å². The van der Waals surface area contributed by atoms with E-state index in [9.17, 15) is 9.59 Å². The zero-order valence-electron chi connectivity index (χ0n) is 14.1. The second-order valence-corrected chi connectivity index (χ2v) is 5.48. The highest BCUT2D eigenvalue weighted by Crippen LogP contribution is 2.09. The number of aliphatic hydroxyl groups is 1. The topological polar surface area (TPSA) is 91.6 Å². The summed E-state index contributed by atoms with van der Waals surface area (Å²) in [6.45, 7) is 1.89. The van der Waals surface area contributed by atoms with Crippen molar-refractivity contribution < 1.29 is 19.1 Å². The average Bonchev–Trinajstić information content (AvgIpc) is 3.14. The molecule has 6 heteroatoms. The van der Waals surface area contributed by atoms with Crippen LogP contribution < -0.4 is 10.6 Å². The molecule has 0 aliphatic heterocycles. The maximum absolute atomic E-state index is 12.6. The lowest BCUT2D eigenvalue weighted by Crippen LogP contribution is -2.40. The molecule has 2 amide bonds. The monoisotopic (exact) mass is 342 g/mol. The number of nitrogens with one attached hydrogen (secondary N) is 2. The van der Waals surface area contributed by atoms with Crippen LogP contribution in [0, 0.1) is 0 Å². The summed E-state index contributed by atoms with van der Waals surface area (Å²) in [5, 5.41) is 14.5. The minimum absolute atomic E-state index is 0.0214. The minimum atomic E-state index is -0.430. The Bertz CT molecular complexity index is 708. The normalized spacial score (nSPS) is 12.5. The van der Waals surface area contributed by atoms with E-state index in [2.05, 4.69) is 10.6 Å². The first-order chi connectivity index (χ1) is 12.1. The maximum Gasteiger partial charge on any atom is 0.268 e. The smallest absolute Gasteiger partial charge is 0.268 e. The number of carbonyl (C=O) groups is 2. The summed E-state index contributed by atoms with van der Waals surface area (Å²) in [7, 11) is 0. The Kier molecular flexibility index (Phi) is 6.98. The van der Waals surface area contributed by atoms with Crippen molar-refractivity contribution in [1.82, 2.24) is 10.6 Å². The number of carbonyl (C=O) groups excluding carboxylic acids is 2. The quantitative estimate of drug-likeness (QED) is 0.642. The third kappa shape index (κ3) is 5.61. The Balaban J connectivity index is 2.18. The van der Waals surface area contributed by atoms with E-state index in [4.69, 9.17) is 9.52 Å². The third-order valence-electron chi connectivity index (χ3n) is 3.66. The van der Waals surface area contributed by atoms with Gasteiger partial charge in [0.05, 0.1) is 6.26 Å². The third-order valence-corrected chi connectivity index (χ3v) is 3.66. The lowest BCUT2D eigenvalue weighted by Gasteiger charge is -2.17. The van der Waals surface area contributed by atoms with Gasteiger partial charge < -0.3 is 20.2 Å². The largest absolute Gasteiger partial charge is 0.465 e. The van der Waals surface area contributed by atoms with Crippen molar-refractivity contribution in [2.45, 2.75) is 25.8 Å². The van der Waals surface area contributed by atoms with E-state index in [1.165, 1.54) is 12.3 Å². The SMILES string of the molecule is CCC(CCO)NC(=O)/C(=C/c1ccco1)NC(=O)c1ccccc1. The summed E-state index contributed by atoms with van der Waals surface area (Å²) in [4.78, 5) is 24.9. The van der Waals surface area contributed by atoms with E-state index < -0.39 is 5.91 Å². The number of rotatable bonds is 8. The standard InChI is InChI=1S/C19H22N2O4/c1-2-15(10-11-22)20-19(24)17(13-16-9-6-12-25-16)21-18(23)14-7-4-3-5-8-14/h3-9,12-13,15,22H,2,10-11H2,1H3,(H,20,24)(H,21,23)/b17-13-. The Hall–Kier alpha value is -2.86. The molecule has 0 fully saturated rings. The van der Waals surface area contributed by atoms with Gasteiger partial charge in [-0.15, -0.1) is 0 Å². The molecule has 0 bridgehead atoms. The van der Waals surface area contributed by atoms with Crippen LogP contribution in [-0.2, 0) is 4.79 Å². The molecule has 0 radical (unpaired) electrons. The lowest BCUT2D eigenvalue weighted by molar-refractivity contribution is -0.118. The van der Waals surface area contributed by atoms with Crippen LogP contribution in [0.3, 0.4) is 0 Å². The summed E-state index contributed by atoms with van der Waals surface area (Å²) >= 11 is 0. The molecule has 25 heavy (non-hydrogen) atoms. The van der Waals surface area contributed by atoms with E-state index in [1.807, 2.05) is 13.0 Å². The molecule has 1 atom stereocenters. The van der Waals surface area contributed by atoms with Gasteiger partial charge in [-0.1, -0.05) is 25.1 Å². The van der Waals surface area contributed by atoms with E-state index in [0.717, 1.165) is 0 Å². The molecule has 2 aromatic rings. The van der Waals surface area contributed by atoms with E-state index in [-0.39, 0.29) is 24.3 Å². The first-order valence-electron chi connectivity index (χ1n) is 8.17. The number of hydrogen-bond donors (Lipinski definition) is 3. The van der Waals surface area contributed by atoms with Crippen molar-refractivity contribution in [2.24, 2.45) is 0 Å². The first-order valence-corrected chi connectivity index (χ1v) is 8.17. The first kappa shape index (κ1) is 18.5. The number of aliphatic hydroxyl groups excluding tert-OH is 1. The minimum Gasteiger partial charge on any atom is -0.465 e. The zero-order valence-corrected chi connectivity index (χ0v) is 14.1. The van der Waals surface area contributed by atoms with Crippen LogP contribution in [0.1, 0.15) is 35.9 Å². The molecule has 132 valence electrons. The van der Waals surface area contributed by atoms with Crippen LogP contribution >= 0.6 is 0 Å². The van der Waals surface area contributed by atoms with Gasteiger partial charge in [0.25, 0.3) is 11.8 Å². The number of hydrogen-bond acceptors (Lipinski definition) is 4. The van der Waals surface area contributed by atoms with Gasteiger partial charge in [-0.05, 0) is 37.1 Å². The van der Waals surface area contributed by atoms with Gasteiger partial charge in [0, 0.05) is 24.3 Å². The van der Waals surface area contributed by atoms with E-state index >= 15 is 0 Å². The molecule has 1 aromatic heterocycles. The predicted molar refractivity (Wildman–Crippen MR) is 94.5 cm³/mol. The van der Waals surface area contributed by atoms with Crippen LogP contribution in [0.5, 0.6) is 0 Å². The van der Waals surface area contributed by atoms with Crippen LogP contribution in [0.2, 0.25) is 0 Å². The molecular formula is C19H22N2O4. The highest BCUT2D eigenvalue weighted by atomic mass is 16.3. The molecule has 0 saturated carbocycles. The van der Waals surface area contributed by atoms with Gasteiger partial charge in [0.15, 0.2) is 0 Å². The van der Waals surface area contributed by atoms with Gasteiger partial charge >= 0.3 is 0 Å². The molecule has 1 unspecified atom stereocenters. The van der Waals surface area contributed by atoms with Gasteiger partial charge in [0.2, 0.25) is 0 Å². The number of benzene rings is 1. The summed E-state index contributed by atoms with van der Waals surface area (Å²) < 4.78 is 5.23. The fourth-order valence-corrected chi connectivity index (χ4v) is 2.26. The molecule has 2 rings (SSSR count). The number of amides is 2. The van der Waals surface area contributed by atoms with E-state index in [1.54, 1.807) is 36.4 Å². The van der Waals surface area contributed by atoms with Crippen LogP contribution in [0.15, 0.2) is 58.8 Å². The van der Waals surface area contributed by atoms with Crippen LogP contribution in [0.25, 0.3) is 6.08 Å². The Morgan fingerprint density at radius 3 is 2.56 bits per heavy atom. The summed E-state index contributed by atoms with van der Waals surface area (Å²) in [6.07, 6.45) is 4.08. The molecule has 0 aliphatic carbocycles. The molecule has 0 spiro atoms. The number of furan rings is 1. The molecular weight excluding hydrogens is 320 g/mol. The lowest BCUT2D eigenvalue weighted by atomic mass is 10.1. The summed E-state index contributed by atoms with van der Waals surface area (Å²) in [5.74, 6) is -0.363. The molecule has 0 saturated heterocycles. The Morgan fingerprint density at radius 1 is 1.20 bits per heavy atom. The van der Waals surface area contributed by atoms with Gasteiger partial charge in [-0.2, -0.15) is 0 Å². The molecule has 1 aromatic carbocycles. The molecule has 0 aliphatic rings. The predicted octanol–water partition coefficient (Wildman–Crippen LogP) is 2.33. The highest BCUT2D eigenvalue weighted by molar-refractivity contribution is 6.05. The fourth-order valence-electron chi connectivity index (χ4n) is 2.26. The van der Waals surface area contributed by atoms with Gasteiger partial charge in [-0.3, -0.25) is 9.59 Å². The van der Waals surface area contributed by atoms with Crippen molar-refractivity contribution in [2.75, 3.05) is 6.61 Å². The highest BCUT2D eigenvalue weighted by Gasteiger charge is 2.18. The van der Waals surface area contributed by atoms with Crippen molar-refractivity contribution in [1.29, 1.82) is 0 Å². The van der Waals surface area contributed by atoms with Crippen molar-refractivity contribution in [3.8, 4) is 0 Å². The van der Waals surface area contributed by atoms with Crippen LogP contribution in [0.4, 0.5) is 0 Å². The van der Waals surface area contributed by atoms with Crippen LogP contribution in [-0.4, -0.2) is 29.6 Å². The molecule has 6 nitrogen and oxygen atoms in total. The summed E-state index contributed by atoms with van der Waals surface area (Å²) in [6, 6.07) is 11.8. The Morgan fingerprint density at radius 2 is 1.96 bits per heavy atom. The molecule has 3 N–H and O–H groups in total. The average molecular weight is 342 g/mol. The second-order valence-electron chi connectivity index (χ2n) is 5.48. The second kappa shape index (κ2) is 9.44. The van der Waals surface area contributed by atoms with Crippen molar-refractivity contribution in [3.05, 3.63) is 65.7 Å². The van der Waals surface area contributed by atoms with Crippen molar-refractivity contribution in [3.63, 3.8) is 0 Å². The van der Waals surface area contributed by atoms with Gasteiger partial charge in [0.1, 0.15) is 11.5 Å². The van der Waals surface area contributed by atoms with Crippen molar-refractivity contribution >= 4 is 17.9 Å². The summed E-state index contributed by atoms with van der Waals surface area (Å²) in [5.41, 5.74) is 0.531. The molecule has 1 heterocycles. The fraction of sp³-hybridized carbons (Fsp3) is 0.263. The zero-order chi connectivity index (χ0) is 18.1. The van der Waals surface area contributed by atoms with Gasteiger partial charge in [-0.25, -0.2) is 0 Å².